The van der Waals surface area contributed by atoms with Crippen LogP contribution in [0.25, 0.3) is 10.9 Å². The Morgan fingerprint density at radius 2 is 2.10 bits per heavy atom. The van der Waals surface area contributed by atoms with Gasteiger partial charge in [0.2, 0.25) is 5.69 Å². The topological polar surface area (TPSA) is 61.3 Å². The smallest absolute Gasteiger partial charge is 0.362 e. The molecule has 1 aromatic heterocycles. The molecule has 5 heteroatoms. The quantitative estimate of drug-likeness (QED) is 0.764. The molecular formula is C16H18N2O3. The number of aromatic nitrogens is 2. The maximum Gasteiger partial charge on any atom is 0.362 e. The van der Waals surface area contributed by atoms with Crippen molar-refractivity contribution in [3.63, 3.8) is 0 Å². The molecule has 1 aliphatic carbocycles. The highest BCUT2D eigenvalue weighted by atomic mass is 16.5. The lowest BCUT2D eigenvalue weighted by Gasteiger charge is -2.12. The molecule has 0 amide bonds. The van der Waals surface area contributed by atoms with Crippen LogP contribution < -0.4 is 4.74 Å². The van der Waals surface area contributed by atoms with Gasteiger partial charge in [-0.05, 0) is 31.4 Å². The van der Waals surface area contributed by atoms with E-state index in [1.165, 1.54) is 12.8 Å². The summed E-state index contributed by atoms with van der Waals surface area (Å²) in [6.45, 7) is 2.65. The van der Waals surface area contributed by atoms with Gasteiger partial charge in [0.1, 0.15) is 0 Å². The maximum atomic E-state index is 12.0. The van der Waals surface area contributed by atoms with Crippen LogP contribution in [0.4, 0.5) is 0 Å². The van der Waals surface area contributed by atoms with E-state index in [2.05, 4.69) is 10.2 Å². The number of ether oxygens (including phenoxy) is 2. The van der Waals surface area contributed by atoms with Gasteiger partial charge in [0.25, 0.3) is 0 Å². The van der Waals surface area contributed by atoms with Crippen molar-refractivity contribution in [2.24, 2.45) is 5.92 Å². The molecule has 1 saturated carbocycles. The maximum absolute atomic E-state index is 12.0. The van der Waals surface area contributed by atoms with E-state index >= 15 is 0 Å². The highest BCUT2D eigenvalue weighted by molar-refractivity contribution is 5.97. The lowest BCUT2D eigenvalue weighted by molar-refractivity contribution is 0.0513. The molecule has 110 valence electrons. The zero-order valence-corrected chi connectivity index (χ0v) is 12.0. The van der Waals surface area contributed by atoms with Gasteiger partial charge in [0, 0.05) is 5.39 Å². The molecule has 2 aromatic rings. The normalized spacial score (nSPS) is 14.1. The molecule has 0 spiro atoms. The SMILES string of the molecule is CCOC(=O)c1nnc2ccccc2c1OCCC1CC1. The van der Waals surface area contributed by atoms with Crippen molar-refractivity contribution in [3.8, 4) is 5.75 Å². The number of fused-ring (bicyclic) bond motifs is 1. The molecule has 1 fully saturated rings. The Morgan fingerprint density at radius 3 is 2.86 bits per heavy atom. The zero-order valence-electron chi connectivity index (χ0n) is 12.0. The second kappa shape index (κ2) is 6.08. The van der Waals surface area contributed by atoms with Gasteiger partial charge in [-0.1, -0.05) is 25.0 Å². The third-order valence-corrected chi connectivity index (χ3v) is 3.56. The molecule has 0 atom stereocenters. The van der Waals surface area contributed by atoms with E-state index in [0.29, 0.717) is 24.5 Å². The molecule has 1 aliphatic rings. The van der Waals surface area contributed by atoms with Crippen molar-refractivity contribution in [2.45, 2.75) is 26.2 Å². The standard InChI is InChI=1S/C16H18N2O3/c1-2-20-16(19)14-15(21-10-9-11-7-8-11)12-5-3-4-6-13(12)17-18-14/h3-6,11H,2,7-10H2,1H3. The Hall–Kier alpha value is -2.17. The highest BCUT2D eigenvalue weighted by Gasteiger charge is 2.23. The van der Waals surface area contributed by atoms with Crippen molar-refractivity contribution in [3.05, 3.63) is 30.0 Å². The minimum absolute atomic E-state index is 0.159. The fourth-order valence-electron chi connectivity index (χ4n) is 2.24. The first-order valence-electron chi connectivity index (χ1n) is 7.35. The summed E-state index contributed by atoms with van der Waals surface area (Å²) in [4.78, 5) is 12.0. The predicted molar refractivity (Wildman–Crippen MR) is 78.3 cm³/mol. The van der Waals surface area contributed by atoms with E-state index in [-0.39, 0.29) is 5.69 Å². The summed E-state index contributed by atoms with van der Waals surface area (Å²) >= 11 is 0. The molecule has 1 aromatic carbocycles. The van der Waals surface area contributed by atoms with Gasteiger partial charge in [0.15, 0.2) is 5.75 Å². The van der Waals surface area contributed by atoms with Crippen molar-refractivity contribution >= 4 is 16.9 Å². The van der Waals surface area contributed by atoms with E-state index in [0.717, 1.165) is 17.7 Å². The number of carbonyl (C=O) groups excluding carboxylic acids is 1. The van der Waals surface area contributed by atoms with Crippen LogP contribution in [-0.4, -0.2) is 29.4 Å². The zero-order chi connectivity index (χ0) is 14.7. The Bertz CT molecular complexity index is 653. The van der Waals surface area contributed by atoms with Crippen LogP contribution in [0.3, 0.4) is 0 Å². The minimum atomic E-state index is -0.489. The average Bonchev–Trinajstić information content (AvgIpc) is 3.32. The monoisotopic (exact) mass is 286 g/mol. The van der Waals surface area contributed by atoms with Gasteiger partial charge in [-0.15, -0.1) is 10.2 Å². The van der Waals surface area contributed by atoms with Crippen LogP contribution in [0.1, 0.15) is 36.7 Å². The first-order valence-corrected chi connectivity index (χ1v) is 7.35. The third kappa shape index (κ3) is 3.12. The molecule has 1 heterocycles. The van der Waals surface area contributed by atoms with Crippen LogP contribution in [0.2, 0.25) is 0 Å². The van der Waals surface area contributed by atoms with E-state index in [1.54, 1.807) is 6.92 Å². The van der Waals surface area contributed by atoms with E-state index in [4.69, 9.17) is 9.47 Å². The van der Waals surface area contributed by atoms with E-state index in [1.807, 2.05) is 24.3 Å². The van der Waals surface area contributed by atoms with E-state index in [9.17, 15) is 4.79 Å². The molecular weight excluding hydrogens is 268 g/mol. The van der Waals surface area contributed by atoms with Crippen LogP contribution in [-0.2, 0) is 4.74 Å². The van der Waals surface area contributed by atoms with Crippen LogP contribution in [0, 0.1) is 5.92 Å². The second-order valence-electron chi connectivity index (χ2n) is 5.20. The fourth-order valence-corrected chi connectivity index (χ4v) is 2.24. The van der Waals surface area contributed by atoms with Crippen molar-refractivity contribution in [2.75, 3.05) is 13.2 Å². The van der Waals surface area contributed by atoms with E-state index < -0.39 is 5.97 Å². The summed E-state index contributed by atoms with van der Waals surface area (Å²) in [6, 6.07) is 7.52. The highest BCUT2D eigenvalue weighted by Crippen LogP contribution is 2.33. The molecule has 0 unspecified atom stereocenters. The first-order chi connectivity index (χ1) is 10.3. The van der Waals surface area contributed by atoms with Gasteiger partial charge in [-0.2, -0.15) is 0 Å². The van der Waals surface area contributed by atoms with Gasteiger partial charge in [-0.25, -0.2) is 4.79 Å². The number of hydrogen-bond acceptors (Lipinski definition) is 5. The third-order valence-electron chi connectivity index (χ3n) is 3.56. The second-order valence-corrected chi connectivity index (χ2v) is 5.20. The molecule has 0 N–H and O–H groups in total. The number of esters is 1. The number of nitrogens with zero attached hydrogens (tertiary/aromatic N) is 2. The first kappa shape index (κ1) is 13.8. The minimum Gasteiger partial charge on any atom is -0.490 e. The summed E-state index contributed by atoms with van der Waals surface area (Å²) in [5.74, 6) is 0.772. The van der Waals surface area contributed by atoms with Crippen molar-refractivity contribution in [1.29, 1.82) is 0 Å². The average molecular weight is 286 g/mol. The largest absolute Gasteiger partial charge is 0.490 e. The summed E-state index contributed by atoms with van der Waals surface area (Å²) in [5.41, 5.74) is 0.873. The molecule has 0 aliphatic heterocycles. The Balaban J connectivity index is 1.92. The summed E-state index contributed by atoms with van der Waals surface area (Å²) in [6.07, 6.45) is 3.58. The number of carbonyl (C=O) groups is 1. The summed E-state index contributed by atoms with van der Waals surface area (Å²) in [5, 5.41) is 8.86. The Labute approximate surface area is 123 Å². The van der Waals surface area contributed by atoms with Crippen LogP contribution in [0.15, 0.2) is 24.3 Å². The number of hydrogen-bond donors (Lipinski definition) is 0. The molecule has 0 saturated heterocycles. The lowest BCUT2D eigenvalue weighted by Crippen LogP contribution is -2.12. The fraction of sp³-hybridized carbons (Fsp3) is 0.438. The molecule has 5 nitrogen and oxygen atoms in total. The Kier molecular flexibility index (Phi) is 3.99. The van der Waals surface area contributed by atoms with Crippen LogP contribution in [0.5, 0.6) is 5.75 Å². The number of benzene rings is 1. The molecule has 3 rings (SSSR count). The van der Waals surface area contributed by atoms with Gasteiger partial charge >= 0.3 is 5.97 Å². The lowest BCUT2D eigenvalue weighted by atomic mass is 10.2. The number of rotatable bonds is 6. The molecule has 0 radical (unpaired) electrons. The predicted octanol–water partition coefficient (Wildman–Crippen LogP) is 2.99. The summed E-state index contributed by atoms with van der Waals surface area (Å²) in [7, 11) is 0. The van der Waals surface area contributed by atoms with Gasteiger partial charge in [-0.3, -0.25) is 0 Å². The van der Waals surface area contributed by atoms with Crippen molar-refractivity contribution < 1.29 is 14.3 Å². The van der Waals surface area contributed by atoms with Gasteiger partial charge in [0.05, 0.1) is 18.7 Å². The Morgan fingerprint density at radius 1 is 1.29 bits per heavy atom. The molecule has 0 bridgehead atoms. The van der Waals surface area contributed by atoms with Crippen LogP contribution >= 0.6 is 0 Å². The molecule has 21 heavy (non-hydrogen) atoms. The summed E-state index contributed by atoms with van der Waals surface area (Å²) < 4.78 is 10.9. The van der Waals surface area contributed by atoms with Crippen molar-refractivity contribution in [1.82, 2.24) is 10.2 Å². The van der Waals surface area contributed by atoms with Gasteiger partial charge < -0.3 is 9.47 Å².